The third-order valence-corrected chi connectivity index (χ3v) is 3.32. The van der Waals surface area contributed by atoms with E-state index >= 15 is 0 Å². The highest BCUT2D eigenvalue weighted by Gasteiger charge is 2.09. The van der Waals surface area contributed by atoms with Crippen molar-refractivity contribution >= 4 is 29.1 Å². The fourth-order valence-corrected chi connectivity index (χ4v) is 2.17. The summed E-state index contributed by atoms with van der Waals surface area (Å²) in [5.74, 6) is -0.944. The summed E-state index contributed by atoms with van der Waals surface area (Å²) in [7, 11) is 0. The zero-order chi connectivity index (χ0) is 11.4. The molecular weight excluding hydrogens is 250 g/mol. The molecule has 2 rings (SSSR count). The van der Waals surface area contributed by atoms with Crippen molar-refractivity contribution in [1.82, 2.24) is 25.2 Å². The summed E-state index contributed by atoms with van der Waals surface area (Å²) in [6.45, 7) is 0.514. The van der Waals surface area contributed by atoms with Crippen molar-refractivity contribution in [2.45, 2.75) is 11.7 Å². The molecule has 0 atom stereocenters. The van der Waals surface area contributed by atoms with Gasteiger partial charge in [0.1, 0.15) is 0 Å². The summed E-state index contributed by atoms with van der Waals surface area (Å²) in [5, 5.41) is 20.1. The summed E-state index contributed by atoms with van der Waals surface area (Å²) in [4.78, 5) is 15.4. The van der Waals surface area contributed by atoms with Gasteiger partial charge in [-0.1, -0.05) is 11.8 Å². The minimum atomic E-state index is -0.891. The van der Waals surface area contributed by atoms with Gasteiger partial charge >= 0.3 is 5.97 Å². The molecule has 0 fully saturated rings. The van der Waals surface area contributed by atoms with Crippen molar-refractivity contribution in [3.63, 3.8) is 0 Å². The van der Waals surface area contributed by atoms with Crippen LogP contribution in [0.1, 0.15) is 4.88 Å². The first-order chi connectivity index (χ1) is 7.75. The standard InChI is InChI=1S/C7H7N5O2S2/c13-6(14)3-15-7-9-10-11-12(7)2-5-1-8-4-16-5/h1,4H,2-3H2,(H,13,14). The number of carboxylic acid groups (broad SMARTS) is 1. The van der Waals surface area contributed by atoms with Gasteiger partial charge in [0.2, 0.25) is 5.16 Å². The summed E-state index contributed by atoms with van der Waals surface area (Å²) in [5.41, 5.74) is 1.73. The Labute approximate surface area is 98.5 Å². The molecule has 0 aromatic carbocycles. The van der Waals surface area contributed by atoms with Gasteiger partial charge in [-0.25, -0.2) is 4.68 Å². The molecule has 2 aromatic heterocycles. The fourth-order valence-electron chi connectivity index (χ4n) is 0.993. The van der Waals surface area contributed by atoms with Gasteiger partial charge in [0.05, 0.1) is 17.8 Å². The maximum Gasteiger partial charge on any atom is 0.313 e. The zero-order valence-corrected chi connectivity index (χ0v) is 9.61. The van der Waals surface area contributed by atoms with Gasteiger partial charge in [0.15, 0.2) is 0 Å². The van der Waals surface area contributed by atoms with Crippen LogP contribution in [-0.4, -0.2) is 42.0 Å². The SMILES string of the molecule is O=C(O)CSc1nnnn1Cc1cncs1. The lowest BCUT2D eigenvalue weighted by molar-refractivity contribution is -0.133. The molecule has 9 heteroatoms. The summed E-state index contributed by atoms with van der Waals surface area (Å²) < 4.78 is 1.56. The molecule has 0 radical (unpaired) electrons. The Bertz CT molecular complexity index is 469. The smallest absolute Gasteiger partial charge is 0.313 e. The zero-order valence-electron chi connectivity index (χ0n) is 7.98. The number of tetrazole rings is 1. The van der Waals surface area contributed by atoms with Gasteiger partial charge in [0, 0.05) is 11.1 Å². The minimum Gasteiger partial charge on any atom is -0.481 e. The van der Waals surface area contributed by atoms with Crippen molar-refractivity contribution in [1.29, 1.82) is 0 Å². The van der Waals surface area contributed by atoms with E-state index < -0.39 is 5.97 Å². The molecule has 0 aliphatic heterocycles. The first kappa shape index (κ1) is 11.0. The number of thioether (sulfide) groups is 1. The molecule has 84 valence electrons. The van der Waals surface area contributed by atoms with E-state index in [1.165, 1.54) is 11.3 Å². The van der Waals surface area contributed by atoms with E-state index in [2.05, 4.69) is 20.5 Å². The summed E-state index contributed by atoms with van der Waals surface area (Å²) in [6, 6.07) is 0. The van der Waals surface area contributed by atoms with Crippen LogP contribution in [0.15, 0.2) is 16.9 Å². The third-order valence-electron chi connectivity index (χ3n) is 1.61. The van der Waals surface area contributed by atoms with Crippen molar-refractivity contribution in [3.05, 3.63) is 16.6 Å². The van der Waals surface area contributed by atoms with Crippen LogP contribution in [0.25, 0.3) is 0 Å². The lowest BCUT2D eigenvalue weighted by atomic mass is 10.5. The Morgan fingerprint density at radius 3 is 3.19 bits per heavy atom. The third kappa shape index (κ3) is 2.76. The molecular formula is C7H7N5O2S2. The molecule has 0 amide bonds. The summed E-state index contributed by atoms with van der Waals surface area (Å²) >= 11 is 2.60. The Hall–Kier alpha value is -1.48. The van der Waals surface area contributed by atoms with Gasteiger partial charge < -0.3 is 5.11 Å². The first-order valence-corrected chi connectivity index (χ1v) is 6.10. The van der Waals surface area contributed by atoms with Gasteiger partial charge in [-0.3, -0.25) is 9.78 Å². The highest BCUT2D eigenvalue weighted by molar-refractivity contribution is 7.99. The Balaban J connectivity index is 2.04. The molecule has 0 aliphatic rings. The minimum absolute atomic E-state index is 0.0525. The van der Waals surface area contributed by atoms with Crippen LogP contribution in [0.5, 0.6) is 0 Å². The molecule has 16 heavy (non-hydrogen) atoms. The number of carboxylic acids is 1. The lowest BCUT2D eigenvalue weighted by Gasteiger charge is -1.99. The van der Waals surface area contributed by atoms with Crippen molar-refractivity contribution in [2.75, 3.05) is 5.75 Å². The van der Waals surface area contributed by atoms with Crippen molar-refractivity contribution in [3.8, 4) is 0 Å². The monoisotopic (exact) mass is 257 g/mol. The second-order valence-electron chi connectivity index (χ2n) is 2.77. The molecule has 0 aliphatic carbocycles. The number of aliphatic carboxylic acids is 1. The lowest BCUT2D eigenvalue weighted by Crippen LogP contribution is -2.05. The Kier molecular flexibility index (Phi) is 3.47. The number of carbonyl (C=O) groups is 1. The molecule has 0 saturated carbocycles. The normalized spacial score (nSPS) is 10.5. The molecule has 0 saturated heterocycles. The van der Waals surface area contributed by atoms with Gasteiger partial charge in [0.25, 0.3) is 0 Å². The molecule has 0 unspecified atom stereocenters. The second kappa shape index (κ2) is 5.03. The van der Waals surface area contributed by atoms with Gasteiger partial charge in [-0.15, -0.1) is 16.4 Å². The van der Waals surface area contributed by atoms with Gasteiger partial charge in [-0.2, -0.15) is 0 Å². The van der Waals surface area contributed by atoms with E-state index in [-0.39, 0.29) is 5.75 Å². The van der Waals surface area contributed by atoms with Crippen LogP contribution in [0, 0.1) is 0 Å². The van der Waals surface area contributed by atoms with E-state index in [0.29, 0.717) is 11.7 Å². The second-order valence-corrected chi connectivity index (χ2v) is 4.68. The topological polar surface area (TPSA) is 93.8 Å². The largest absolute Gasteiger partial charge is 0.481 e. The van der Waals surface area contributed by atoms with Crippen LogP contribution in [0.4, 0.5) is 0 Å². The molecule has 0 bridgehead atoms. The van der Waals surface area contributed by atoms with Crippen molar-refractivity contribution in [2.24, 2.45) is 0 Å². The number of thiazole rings is 1. The predicted molar refractivity (Wildman–Crippen MR) is 57.4 cm³/mol. The number of hydrogen-bond acceptors (Lipinski definition) is 7. The highest BCUT2D eigenvalue weighted by atomic mass is 32.2. The first-order valence-electron chi connectivity index (χ1n) is 4.24. The van der Waals surface area contributed by atoms with Crippen LogP contribution >= 0.6 is 23.1 Å². The average Bonchev–Trinajstić information content (AvgIpc) is 2.87. The summed E-state index contributed by atoms with van der Waals surface area (Å²) in [6.07, 6.45) is 1.73. The van der Waals surface area contributed by atoms with Crippen LogP contribution < -0.4 is 0 Å². The van der Waals surface area contributed by atoms with Crippen LogP contribution in [0.3, 0.4) is 0 Å². The highest BCUT2D eigenvalue weighted by Crippen LogP contribution is 2.15. The van der Waals surface area contributed by atoms with E-state index in [1.54, 1.807) is 16.4 Å². The maximum atomic E-state index is 10.4. The predicted octanol–water partition coefficient (Wildman–Crippen LogP) is 0.355. The Morgan fingerprint density at radius 2 is 2.50 bits per heavy atom. The van der Waals surface area contributed by atoms with E-state index in [1.807, 2.05) is 0 Å². The molecule has 0 spiro atoms. The van der Waals surface area contributed by atoms with E-state index in [9.17, 15) is 4.79 Å². The molecule has 1 N–H and O–H groups in total. The average molecular weight is 257 g/mol. The number of hydrogen-bond donors (Lipinski definition) is 1. The maximum absolute atomic E-state index is 10.4. The van der Waals surface area contributed by atoms with Gasteiger partial charge in [-0.05, 0) is 10.4 Å². The number of nitrogens with zero attached hydrogens (tertiary/aromatic N) is 5. The molecule has 7 nitrogen and oxygen atoms in total. The number of aromatic nitrogens is 5. The molecule has 2 aromatic rings. The van der Waals surface area contributed by atoms with E-state index in [4.69, 9.17) is 5.11 Å². The Morgan fingerprint density at radius 1 is 1.62 bits per heavy atom. The van der Waals surface area contributed by atoms with Crippen molar-refractivity contribution < 1.29 is 9.90 Å². The number of rotatable bonds is 5. The quantitative estimate of drug-likeness (QED) is 0.772. The van der Waals surface area contributed by atoms with Crippen LogP contribution in [0.2, 0.25) is 0 Å². The molecule has 2 heterocycles. The van der Waals surface area contributed by atoms with E-state index in [0.717, 1.165) is 16.6 Å². The van der Waals surface area contributed by atoms with Crippen LogP contribution in [-0.2, 0) is 11.3 Å². The fraction of sp³-hybridized carbons (Fsp3) is 0.286.